The van der Waals surface area contributed by atoms with E-state index in [-0.39, 0.29) is 11.3 Å². The van der Waals surface area contributed by atoms with Crippen LogP contribution < -0.4 is 5.32 Å². The van der Waals surface area contributed by atoms with E-state index < -0.39 is 23.2 Å². The molecular weight excluding hydrogens is 278 g/mol. The average Bonchev–Trinajstić information content (AvgIpc) is 2.67. The Morgan fingerprint density at radius 3 is 2.25 bits per heavy atom. The SMILES string of the molecule is CC(C)(C)c1nnc(NC(=O)[C@H]2[C@H](C(=O)O)C2(C)C)s1. The van der Waals surface area contributed by atoms with Crippen LogP contribution >= 0.6 is 11.3 Å². The molecule has 1 aromatic rings. The van der Waals surface area contributed by atoms with Crippen LogP contribution in [0.1, 0.15) is 39.6 Å². The molecule has 1 aliphatic carbocycles. The van der Waals surface area contributed by atoms with Crippen molar-refractivity contribution in [1.82, 2.24) is 10.2 Å². The number of hydrogen-bond donors (Lipinski definition) is 2. The summed E-state index contributed by atoms with van der Waals surface area (Å²) in [6.45, 7) is 9.63. The first-order chi connectivity index (χ1) is 9.05. The second-order valence-corrected chi connectivity index (χ2v) is 7.74. The zero-order valence-corrected chi connectivity index (χ0v) is 13.0. The van der Waals surface area contributed by atoms with E-state index in [1.54, 1.807) is 13.8 Å². The summed E-state index contributed by atoms with van der Waals surface area (Å²) in [5.74, 6) is -2.36. The molecule has 1 aliphatic rings. The summed E-state index contributed by atoms with van der Waals surface area (Å²) in [6.07, 6.45) is 0. The lowest BCUT2D eigenvalue weighted by molar-refractivity contribution is -0.140. The third-order valence-corrected chi connectivity index (χ3v) is 4.94. The lowest BCUT2D eigenvalue weighted by atomic mass is 9.98. The third kappa shape index (κ3) is 2.54. The Hall–Kier alpha value is -1.50. The molecule has 0 unspecified atom stereocenters. The topological polar surface area (TPSA) is 92.2 Å². The summed E-state index contributed by atoms with van der Waals surface area (Å²) in [5.41, 5.74) is -0.628. The molecule has 1 heterocycles. The van der Waals surface area contributed by atoms with Crippen molar-refractivity contribution in [3.05, 3.63) is 5.01 Å². The smallest absolute Gasteiger partial charge is 0.307 e. The number of carbonyl (C=O) groups is 2. The average molecular weight is 297 g/mol. The molecule has 110 valence electrons. The van der Waals surface area contributed by atoms with Gasteiger partial charge in [-0.05, 0) is 5.41 Å². The molecule has 7 heteroatoms. The van der Waals surface area contributed by atoms with Crippen LogP contribution in [0.4, 0.5) is 5.13 Å². The van der Waals surface area contributed by atoms with Crippen LogP contribution in [0.15, 0.2) is 0 Å². The second-order valence-electron chi connectivity index (χ2n) is 6.77. The van der Waals surface area contributed by atoms with E-state index in [1.807, 2.05) is 20.8 Å². The Labute approximate surface area is 121 Å². The van der Waals surface area contributed by atoms with Gasteiger partial charge in [0.05, 0.1) is 11.8 Å². The van der Waals surface area contributed by atoms with E-state index in [1.165, 1.54) is 11.3 Å². The third-order valence-electron chi connectivity index (χ3n) is 3.67. The van der Waals surface area contributed by atoms with Gasteiger partial charge in [0.2, 0.25) is 11.0 Å². The van der Waals surface area contributed by atoms with Gasteiger partial charge in [-0.1, -0.05) is 46.0 Å². The van der Waals surface area contributed by atoms with Crippen LogP contribution in [0.3, 0.4) is 0 Å². The highest BCUT2D eigenvalue weighted by Crippen LogP contribution is 2.58. The molecule has 1 amide bonds. The Balaban J connectivity index is 2.07. The van der Waals surface area contributed by atoms with Crippen molar-refractivity contribution < 1.29 is 14.7 Å². The number of nitrogens with one attached hydrogen (secondary N) is 1. The molecule has 1 fully saturated rings. The van der Waals surface area contributed by atoms with Crippen LogP contribution in [0.5, 0.6) is 0 Å². The highest BCUT2D eigenvalue weighted by atomic mass is 32.1. The maximum absolute atomic E-state index is 12.1. The van der Waals surface area contributed by atoms with Crippen molar-refractivity contribution in [1.29, 1.82) is 0 Å². The number of carbonyl (C=O) groups excluding carboxylic acids is 1. The van der Waals surface area contributed by atoms with Crippen molar-refractivity contribution in [3.63, 3.8) is 0 Å². The van der Waals surface area contributed by atoms with Gasteiger partial charge in [0, 0.05) is 5.41 Å². The molecule has 0 radical (unpaired) electrons. The second kappa shape index (κ2) is 4.51. The summed E-state index contributed by atoms with van der Waals surface area (Å²) >= 11 is 1.32. The van der Waals surface area contributed by atoms with Gasteiger partial charge in [-0.2, -0.15) is 0 Å². The molecule has 0 aromatic carbocycles. The first-order valence-electron chi connectivity index (χ1n) is 6.43. The van der Waals surface area contributed by atoms with Crippen LogP contribution in [-0.2, 0) is 15.0 Å². The first-order valence-corrected chi connectivity index (χ1v) is 7.24. The van der Waals surface area contributed by atoms with Gasteiger partial charge >= 0.3 is 5.97 Å². The molecule has 1 aromatic heterocycles. The maximum atomic E-state index is 12.1. The summed E-state index contributed by atoms with van der Waals surface area (Å²) in [4.78, 5) is 23.2. The number of carboxylic acids is 1. The fourth-order valence-corrected chi connectivity index (χ4v) is 3.15. The van der Waals surface area contributed by atoms with Crippen LogP contribution in [0, 0.1) is 17.3 Å². The molecule has 0 spiro atoms. The summed E-state index contributed by atoms with van der Waals surface area (Å²) < 4.78 is 0. The van der Waals surface area contributed by atoms with Crippen molar-refractivity contribution in [2.24, 2.45) is 17.3 Å². The number of nitrogens with zero attached hydrogens (tertiary/aromatic N) is 2. The Bertz CT molecular complexity index is 559. The van der Waals surface area contributed by atoms with Gasteiger partial charge in [0.1, 0.15) is 5.01 Å². The molecule has 0 aliphatic heterocycles. The predicted octanol–water partition coefficient (Wildman–Crippen LogP) is 2.13. The van der Waals surface area contributed by atoms with E-state index in [0.717, 1.165) is 5.01 Å². The van der Waals surface area contributed by atoms with Gasteiger partial charge in [0.15, 0.2) is 0 Å². The first kappa shape index (κ1) is 14.9. The lowest BCUT2D eigenvalue weighted by Gasteiger charge is -2.12. The number of anilines is 1. The Kier molecular flexibility index (Phi) is 3.36. The lowest BCUT2D eigenvalue weighted by Crippen LogP contribution is -2.17. The summed E-state index contributed by atoms with van der Waals surface area (Å²) in [7, 11) is 0. The number of aliphatic carboxylic acids is 1. The van der Waals surface area contributed by atoms with Gasteiger partial charge in [0.25, 0.3) is 0 Å². The van der Waals surface area contributed by atoms with Gasteiger partial charge in [-0.3, -0.25) is 9.59 Å². The number of amides is 1. The zero-order valence-electron chi connectivity index (χ0n) is 12.2. The highest BCUT2D eigenvalue weighted by Gasteiger charge is 2.66. The molecule has 6 nitrogen and oxygen atoms in total. The summed E-state index contributed by atoms with van der Waals surface area (Å²) in [6, 6.07) is 0. The van der Waals surface area contributed by atoms with Crippen LogP contribution in [0.25, 0.3) is 0 Å². The minimum Gasteiger partial charge on any atom is -0.481 e. The van der Waals surface area contributed by atoms with Crippen molar-refractivity contribution in [2.75, 3.05) is 5.32 Å². The van der Waals surface area contributed by atoms with Crippen molar-refractivity contribution in [2.45, 2.75) is 40.0 Å². The number of carboxylic acid groups (broad SMARTS) is 1. The molecule has 0 saturated heterocycles. The van der Waals surface area contributed by atoms with E-state index in [4.69, 9.17) is 5.11 Å². The monoisotopic (exact) mass is 297 g/mol. The molecule has 20 heavy (non-hydrogen) atoms. The minimum atomic E-state index is -0.928. The molecule has 2 N–H and O–H groups in total. The molecule has 2 rings (SSSR count). The van der Waals surface area contributed by atoms with Gasteiger partial charge < -0.3 is 10.4 Å². The van der Waals surface area contributed by atoms with Crippen LogP contribution in [-0.4, -0.2) is 27.2 Å². The number of hydrogen-bond acceptors (Lipinski definition) is 5. The predicted molar refractivity (Wildman–Crippen MR) is 75.6 cm³/mol. The number of rotatable bonds is 3. The van der Waals surface area contributed by atoms with E-state index >= 15 is 0 Å². The van der Waals surface area contributed by atoms with Crippen LogP contribution in [0.2, 0.25) is 0 Å². The Morgan fingerprint density at radius 2 is 1.85 bits per heavy atom. The Morgan fingerprint density at radius 1 is 1.25 bits per heavy atom. The van der Waals surface area contributed by atoms with E-state index in [0.29, 0.717) is 5.13 Å². The molecule has 0 bridgehead atoms. The fraction of sp³-hybridized carbons (Fsp3) is 0.692. The quantitative estimate of drug-likeness (QED) is 0.891. The zero-order chi connectivity index (χ0) is 15.3. The van der Waals surface area contributed by atoms with E-state index in [9.17, 15) is 9.59 Å². The summed E-state index contributed by atoms with van der Waals surface area (Å²) in [5, 5.41) is 21.0. The highest BCUT2D eigenvalue weighted by molar-refractivity contribution is 7.15. The fourth-order valence-electron chi connectivity index (χ4n) is 2.35. The number of aromatic nitrogens is 2. The maximum Gasteiger partial charge on any atom is 0.307 e. The van der Waals surface area contributed by atoms with Gasteiger partial charge in [-0.25, -0.2) is 0 Å². The largest absolute Gasteiger partial charge is 0.481 e. The molecule has 1 saturated carbocycles. The molecular formula is C13H19N3O3S. The van der Waals surface area contributed by atoms with Crippen molar-refractivity contribution >= 4 is 28.3 Å². The van der Waals surface area contributed by atoms with Crippen molar-refractivity contribution in [3.8, 4) is 0 Å². The van der Waals surface area contributed by atoms with E-state index in [2.05, 4.69) is 15.5 Å². The minimum absolute atomic E-state index is 0.122. The standard InChI is InChI=1S/C13H19N3O3S/c1-12(2,3)10-15-16-11(20-10)14-8(17)6-7(9(18)19)13(6,4)5/h6-7H,1-5H3,(H,18,19)(H,14,16,17)/t6-,7-/m1/s1. The molecule has 2 atom stereocenters. The normalized spacial score (nSPS) is 24.2. The van der Waals surface area contributed by atoms with Gasteiger partial charge in [-0.15, -0.1) is 10.2 Å².